The summed E-state index contributed by atoms with van der Waals surface area (Å²) >= 11 is 1.89. The molecule has 19 aromatic carbocycles. The van der Waals surface area contributed by atoms with Gasteiger partial charge in [0.05, 0.1) is 27.5 Å². The van der Waals surface area contributed by atoms with Crippen LogP contribution in [0.15, 0.2) is 486 Å². The molecule has 0 amide bonds. The molecule has 6 heteroatoms. The van der Waals surface area contributed by atoms with Crippen LogP contribution in [-0.4, -0.2) is 19.5 Å². The number of rotatable bonds is 11. The number of hydrogen-bond acceptors (Lipinski definition) is 4. The summed E-state index contributed by atoms with van der Waals surface area (Å²) in [7, 11) is 0. The maximum atomic E-state index is 4.67. The van der Waals surface area contributed by atoms with Gasteiger partial charge in [-0.25, -0.2) is 0 Å². The molecule has 0 fully saturated rings. The summed E-state index contributed by atoms with van der Waals surface area (Å²) in [4.78, 5) is 13.6. The summed E-state index contributed by atoms with van der Waals surface area (Å²) in [5.74, 6) is 0.130. The van der Waals surface area contributed by atoms with E-state index >= 15 is 0 Å². The molecule has 1 radical (unpaired) electrons. The van der Waals surface area contributed by atoms with E-state index in [1.54, 1.807) is 6.20 Å². The Morgan fingerprint density at radius 2 is 0.709 bits per heavy atom. The largest absolute Gasteiger partial charge is 0.309 e. The van der Waals surface area contributed by atoms with Crippen molar-refractivity contribution in [3.8, 4) is 72.6 Å². The summed E-state index contributed by atoms with van der Waals surface area (Å²) in [6, 6.07) is 171. The van der Waals surface area contributed by atoms with Gasteiger partial charge in [0, 0.05) is 92.0 Å². The van der Waals surface area contributed by atoms with Crippen molar-refractivity contribution >= 4 is 107 Å². The van der Waals surface area contributed by atoms with Crippen LogP contribution in [0.1, 0.15) is 44.9 Å². The second kappa shape index (κ2) is 34.7. The number of benzene rings is 19. The van der Waals surface area contributed by atoms with Crippen molar-refractivity contribution in [2.24, 2.45) is 0 Å². The van der Waals surface area contributed by atoms with Gasteiger partial charge in [-0.3, -0.25) is 9.97 Å². The normalized spacial score (nSPS) is 12.1. The fourth-order valence-corrected chi connectivity index (χ4v) is 20.7. The zero-order valence-electron chi connectivity index (χ0n) is 69.3. The monoisotopic (exact) mass is 1810 g/mol. The van der Waals surface area contributed by atoms with E-state index in [1.165, 1.54) is 175 Å². The zero-order chi connectivity index (χ0) is 83.7. The van der Waals surface area contributed by atoms with Gasteiger partial charge in [-0.1, -0.05) is 388 Å². The van der Waals surface area contributed by atoms with Crippen molar-refractivity contribution in [1.82, 2.24) is 19.5 Å². The van der Waals surface area contributed by atoms with E-state index in [2.05, 4.69) is 438 Å². The minimum absolute atomic E-state index is 0. The van der Waals surface area contributed by atoms with Gasteiger partial charge >= 0.3 is 0 Å². The smallest absolute Gasteiger partial charge is 0.0970 e. The molecular weight excluding hydrogens is 1730 g/mol. The molecular formula is C121H81IrN4S-. The number of fused-ring (bicyclic) bond motifs is 18. The molecule has 1 unspecified atom stereocenters. The SMILES string of the molecule is [Ir].[c-]1ccccc1-c1ccccn1.c1ccc(-c2ccc(C(c3ccccc3)c3ccc(C4(c5ccccc5)c5ccccc5-c5ccccc54)cc3)cc2)cc1.c1ccc(-c2ccnc3c2ccc2c(-c4ccccc4)ccnc23)cc1.c1ccc2c(c1)sc1c(-c3ccc4c(c3)c3ccccc3n4-c3ccc4c5ccccc5c5ccccc5c4c3)cccc12. The number of aromatic nitrogens is 4. The summed E-state index contributed by atoms with van der Waals surface area (Å²) in [5, 5.41) is 15.3. The third-order valence-corrected chi connectivity index (χ3v) is 26.4. The van der Waals surface area contributed by atoms with E-state index < -0.39 is 0 Å². The van der Waals surface area contributed by atoms with Crippen LogP contribution in [0.4, 0.5) is 0 Å². The molecule has 0 saturated heterocycles. The third-order valence-electron chi connectivity index (χ3n) is 25.1. The number of para-hydroxylation sites is 1. The topological polar surface area (TPSA) is 43.6 Å². The van der Waals surface area contributed by atoms with Crippen molar-refractivity contribution in [1.29, 1.82) is 0 Å². The molecule has 1 aliphatic rings. The summed E-state index contributed by atoms with van der Waals surface area (Å²) in [6.07, 6.45) is 5.54. The van der Waals surface area contributed by atoms with Gasteiger partial charge in [0.2, 0.25) is 0 Å². The number of hydrogen-bond donors (Lipinski definition) is 0. The fourth-order valence-electron chi connectivity index (χ4n) is 19.4. The first-order valence-electron chi connectivity index (χ1n) is 43.0. The molecule has 4 nitrogen and oxygen atoms in total. The van der Waals surface area contributed by atoms with Crippen molar-refractivity contribution in [3.05, 3.63) is 531 Å². The number of nitrogens with zero attached hydrogens (tertiary/aromatic N) is 4. The summed E-state index contributed by atoms with van der Waals surface area (Å²) < 4.78 is 5.13. The van der Waals surface area contributed by atoms with Crippen LogP contribution in [0.25, 0.3) is 169 Å². The molecule has 0 aliphatic heterocycles. The standard InChI is InChI=1S/C44H32.C42H25NS.C24H16N2.C11H8N.Ir/c1-4-14-32(15-5-1)33-24-26-35(27-25-33)43(34-16-6-2-7-17-34)36-28-30-38(31-29-36)44(37-18-8-3-9-19-37)41-22-12-10-20-39(41)40-21-11-13-23-42(40)44;1-2-12-31-29(10-1)30-11-3-4-13-32(30)37-25-27(21-22-33(31)37)43-39-18-7-5-14-34(39)38-24-26(20-23-40(38)43)28-16-9-17-36-35-15-6-8-19-41(35)44-42(28)36;1-3-7-17(8-4-1)19-13-15-25-23-21(19)11-12-22-20(14-16-26-24(22)23)18-9-5-2-6-10-18;1-2-6-10(7-3-1)11-8-4-5-9-12-11;/h1-31,43H;1-25H;1-16H;1-6,8-9H;/q;;;-1;. The Kier molecular flexibility index (Phi) is 21.6. The summed E-state index contributed by atoms with van der Waals surface area (Å²) in [5.41, 5.74) is 28.7. The van der Waals surface area contributed by atoms with Crippen molar-refractivity contribution in [3.63, 3.8) is 0 Å². The minimum Gasteiger partial charge on any atom is -0.309 e. The van der Waals surface area contributed by atoms with Crippen LogP contribution in [-0.2, 0) is 25.5 Å². The van der Waals surface area contributed by atoms with E-state index in [-0.39, 0.29) is 31.4 Å². The van der Waals surface area contributed by atoms with Gasteiger partial charge in [0.25, 0.3) is 0 Å². The molecule has 0 bridgehead atoms. The average Bonchev–Trinajstić information content (AvgIpc) is 1.54. The van der Waals surface area contributed by atoms with Gasteiger partial charge in [0.15, 0.2) is 0 Å². The van der Waals surface area contributed by atoms with Gasteiger partial charge in [-0.2, -0.15) is 0 Å². The molecule has 5 heterocycles. The fraction of sp³-hybridized carbons (Fsp3) is 0.0165. The molecule has 5 aromatic heterocycles. The van der Waals surface area contributed by atoms with E-state index in [0.717, 1.165) is 33.1 Å². The maximum Gasteiger partial charge on any atom is 0.0970 e. The van der Waals surface area contributed by atoms with E-state index in [0.29, 0.717) is 0 Å². The molecule has 25 rings (SSSR count). The second-order valence-corrected chi connectivity index (χ2v) is 33.2. The van der Waals surface area contributed by atoms with Gasteiger partial charge < -0.3 is 9.55 Å². The Hall–Kier alpha value is -15.4. The van der Waals surface area contributed by atoms with Crippen LogP contribution < -0.4 is 0 Å². The van der Waals surface area contributed by atoms with Crippen LogP contribution in [0, 0.1) is 6.07 Å². The zero-order valence-corrected chi connectivity index (χ0v) is 72.5. The average molecular weight is 1820 g/mol. The molecule has 0 N–H and O–H groups in total. The predicted molar refractivity (Wildman–Crippen MR) is 531 cm³/mol. The molecule has 0 spiro atoms. The minimum atomic E-state index is -0.382. The van der Waals surface area contributed by atoms with E-state index in [1.807, 2.05) is 78.3 Å². The first-order valence-corrected chi connectivity index (χ1v) is 43.9. The van der Waals surface area contributed by atoms with Crippen molar-refractivity contribution in [2.75, 3.05) is 0 Å². The Morgan fingerprint density at radius 3 is 1.31 bits per heavy atom. The van der Waals surface area contributed by atoms with Crippen LogP contribution >= 0.6 is 11.3 Å². The Morgan fingerprint density at radius 1 is 0.260 bits per heavy atom. The van der Waals surface area contributed by atoms with Crippen LogP contribution in [0.2, 0.25) is 0 Å². The molecule has 24 aromatic rings. The van der Waals surface area contributed by atoms with Gasteiger partial charge in [-0.05, 0) is 187 Å². The number of pyridine rings is 3. The molecule has 1 aliphatic carbocycles. The second-order valence-electron chi connectivity index (χ2n) is 32.1. The van der Waals surface area contributed by atoms with Crippen LogP contribution in [0.3, 0.4) is 0 Å². The Labute approximate surface area is 755 Å². The van der Waals surface area contributed by atoms with Crippen LogP contribution in [0.5, 0.6) is 0 Å². The number of thiophene rings is 1. The van der Waals surface area contributed by atoms with E-state index in [4.69, 9.17) is 0 Å². The maximum absolute atomic E-state index is 4.67. The quantitative estimate of drug-likeness (QED) is 0.0736. The molecule has 601 valence electrons. The molecule has 127 heavy (non-hydrogen) atoms. The first kappa shape index (κ1) is 78.8. The Balaban J connectivity index is 0.000000111. The van der Waals surface area contributed by atoms with Gasteiger partial charge in [-0.15, -0.1) is 47.2 Å². The molecule has 1 atom stereocenters. The van der Waals surface area contributed by atoms with Crippen molar-refractivity contribution < 1.29 is 20.1 Å². The molecule has 0 saturated carbocycles. The summed E-state index contributed by atoms with van der Waals surface area (Å²) in [6.45, 7) is 0. The van der Waals surface area contributed by atoms with E-state index in [9.17, 15) is 0 Å². The van der Waals surface area contributed by atoms with Gasteiger partial charge in [0.1, 0.15) is 0 Å². The first-order chi connectivity index (χ1) is 62.6. The van der Waals surface area contributed by atoms with Crippen molar-refractivity contribution in [2.45, 2.75) is 11.3 Å². The third kappa shape index (κ3) is 14.5. The Bertz CT molecular complexity index is 7890. The predicted octanol–water partition coefficient (Wildman–Crippen LogP) is 31.8.